The van der Waals surface area contributed by atoms with E-state index in [0.29, 0.717) is 12.8 Å². The molecule has 11 heavy (non-hydrogen) atoms. The van der Waals surface area contributed by atoms with Crippen molar-refractivity contribution in [2.75, 3.05) is 6.61 Å². The second-order valence-corrected chi connectivity index (χ2v) is 2.22. The van der Waals surface area contributed by atoms with E-state index in [1.807, 2.05) is 0 Å². The summed E-state index contributed by atoms with van der Waals surface area (Å²) in [6, 6.07) is 0. The van der Waals surface area contributed by atoms with Crippen molar-refractivity contribution in [1.29, 1.82) is 0 Å². The number of allylic oxidation sites excluding steroid dienone is 1. The van der Waals surface area contributed by atoms with Gasteiger partial charge in [-0.1, -0.05) is 6.08 Å². The molecule has 4 nitrogen and oxygen atoms in total. The summed E-state index contributed by atoms with van der Waals surface area (Å²) in [4.78, 5) is 14.7. The molecule has 0 aromatic heterocycles. The van der Waals surface area contributed by atoms with Crippen LogP contribution in [0.4, 0.5) is 0 Å². The van der Waals surface area contributed by atoms with Crippen LogP contribution in [0.25, 0.3) is 0 Å². The van der Waals surface area contributed by atoms with E-state index in [1.165, 1.54) is 0 Å². The zero-order valence-electron chi connectivity index (χ0n) is 6.32. The lowest BCUT2D eigenvalue weighted by atomic mass is 10.0. The van der Waals surface area contributed by atoms with Gasteiger partial charge in [0.25, 0.3) is 0 Å². The highest BCUT2D eigenvalue weighted by molar-refractivity contribution is 5.70. The first kappa shape index (κ1) is 10.1. The molecule has 0 amide bonds. The molecule has 0 spiro atoms. The Balaban J connectivity index is 3.69. The Morgan fingerprint density at radius 3 is 2.82 bits per heavy atom. The van der Waals surface area contributed by atoms with Gasteiger partial charge in [0.1, 0.15) is 0 Å². The smallest absolute Gasteiger partial charge is 0.306 e. The van der Waals surface area contributed by atoms with E-state index < -0.39 is 11.9 Å². The quantitative estimate of drug-likeness (QED) is 0.438. The van der Waals surface area contributed by atoms with Crippen LogP contribution in [-0.4, -0.2) is 17.7 Å². The number of nitrogens with two attached hydrogens (primary N) is 1. The molecule has 4 heteroatoms. The van der Waals surface area contributed by atoms with E-state index in [9.17, 15) is 4.79 Å². The summed E-state index contributed by atoms with van der Waals surface area (Å²) in [5.74, 6) is 3.50. The Hall–Kier alpha value is -0.870. The molecule has 0 heterocycles. The van der Waals surface area contributed by atoms with Gasteiger partial charge in [-0.3, -0.25) is 4.79 Å². The maximum Gasteiger partial charge on any atom is 0.306 e. The van der Waals surface area contributed by atoms with Gasteiger partial charge < -0.3 is 9.94 Å². The second kappa shape index (κ2) is 5.88. The molecule has 1 unspecified atom stereocenters. The van der Waals surface area contributed by atoms with Gasteiger partial charge in [0, 0.05) is 0 Å². The van der Waals surface area contributed by atoms with Crippen molar-refractivity contribution in [3.05, 3.63) is 12.7 Å². The SMILES string of the molecule is C=CCC(CCON)C(=O)O. The summed E-state index contributed by atoms with van der Waals surface area (Å²) >= 11 is 0. The predicted molar refractivity (Wildman–Crippen MR) is 40.7 cm³/mol. The molecule has 1 atom stereocenters. The van der Waals surface area contributed by atoms with Gasteiger partial charge in [0.2, 0.25) is 0 Å². The number of carboxylic acid groups (broad SMARTS) is 1. The summed E-state index contributed by atoms with van der Waals surface area (Å²) in [5.41, 5.74) is 0. The van der Waals surface area contributed by atoms with Crippen LogP contribution in [0.1, 0.15) is 12.8 Å². The van der Waals surface area contributed by atoms with Gasteiger partial charge in [0.05, 0.1) is 12.5 Å². The third-order valence-electron chi connectivity index (χ3n) is 1.38. The number of carboxylic acids is 1. The maximum absolute atomic E-state index is 10.5. The van der Waals surface area contributed by atoms with Crippen molar-refractivity contribution in [1.82, 2.24) is 0 Å². The van der Waals surface area contributed by atoms with Crippen molar-refractivity contribution in [3.63, 3.8) is 0 Å². The number of aliphatic carboxylic acids is 1. The molecular weight excluding hydrogens is 146 g/mol. The van der Waals surface area contributed by atoms with Gasteiger partial charge >= 0.3 is 5.97 Å². The average molecular weight is 159 g/mol. The summed E-state index contributed by atoms with van der Waals surface area (Å²) in [7, 11) is 0. The first-order valence-electron chi connectivity index (χ1n) is 3.37. The zero-order chi connectivity index (χ0) is 8.69. The summed E-state index contributed by atoms with van der Waals surface area (Å²) in [6.07, 6.45) is 2.46. The molecule has 0 rings (SSSR count). The first-order chi connectivity index (χ1) is 5.22. The van der Waals surface area contributed by atoms with Crippen LogP contribution in [0.2, 0.25) is 0 Å². The molecule has 0 saturated carbocycles. The Kier molecular flexibility index (Phi) is 5.42. The van der Waals surface area contributed by atoms with Crippen molar-refractivity contribution >= 4 is 5.97 Å². The first-order valence-corrected chi connectivity index (χ1v) is 3.37. The van der Waals surface area contributed by atoms with Crippen molar-refractivity contribution in [2.24, 2.45) is 11.8 Å². The van der Waals surface area contributed by atoms with Gasteiger partial charge in [-0.25, -0.2) is 5.90 Å². The fourth-order valence-electron chi connectivity index (χ4n) is 0.754. The summed E-state index contributed by atoms with van der Waals surface area (Å²) in [6.45, 7) is 3.72. The lowest BCUT2D eigenvalue weighted by Gasteiger charge is -2.07. The van der Waals surface area contributed by atoms with E-state index in [4.69, 9.17) is 11.0 Å². The molecule has 0 aliphatic heterocycles. The van der Waals surface area contributed by atoms with Crippen LogP contribution in [0.3, 0.4) is 0 Å². The van der Waals surface area contributed by atoms with E-state index in [1.54, 1.807) is 6.08 Å². The van der Waals surface area contributed by atoms with Crippen molar-refractivity contribution in [2.45, 2.75) is 12.8 Å². The van der Waals surface area contributed by atoms with Gasteiger partial charge in [0.15, 0.2) is 0 Å². The van der Waals surface area contributed by atoms with Crippen molar-refractivity contribution in [3.8, 4) is 0 Å². The lowest BCUT2D eigenvalue weighted by Crippen LogP contribution is -2.16. The third-order valence-corrected chi connectivity index (χ3v) is 1.38. The number of rotatable bonds is 6. The summed E-state index contributed by atoms with van der Waals surface area (Å²) < 4.78 is 0. The molecule has 0 radical (unpaired) electrons. The fourth-order valence-corrected chi connectivity index (χ4v) is 0.754. The molecule has 0 bridgehead atoms. The molecule has 3 N–H and O–H groups in total. The monoisotopic (exact) mass is 159 g/mol. The molecule has 0 fully saturated rings. The van der Waals surface area contributed by atoms with Gasteiger partial charge in [-0.05, 0) is 12.8 Å². The normalized spacial score (nSPS) is 12.5. The van der Waals surface area contributed by atoms with E-state index in [0.717, 1.165) is 0 Å². The average Bonchev–Trinajstić information content (AvgIpc) is 1.97. The Morgan fingerprint density at radius 1 is 1.82 bits per heavy atom. The molecule has 0 aliphatic carbocycles. The largest absolute Gasteiger partial charge is 0.481 e. The van der Waals surface area contributed by atoms with Crippen molar-refractivity contribution < 1.29 is 14.7 Å². The van der Waals surface area contributed by atoms with Gasteiger partial charge in [-0.15, -0.1) is 6.58 Å². The van der Waals surface area contributed by atoms with Crippen LogP contribution in [0.15, 0.2) is 12.7 Å². The third kappa shape index (κ3) is 4.52. The number of hydrogen-bond acceptors (Lipinski definition) is 3. The second-order valence-electron chi connectivity index (χ2n) is 2.22. The molecule has 0 aromatic carbocycles. The van der Waals surface area contributed by atoms with E-state index >= 15 is 0 Å². The van der Waals surface area contributed by atoms with Crippen LogP contribution in [-0.2, 0) is 9.63 Å². The fraction of sp³-hybridized carbons (Fsp3) is 0.571. The number of hydrogen-bond donors (Lipinski definition) is 2. The molecule has 0 aromatic rings. The Labute approximate surface area is 65.6 Å². The minimum atomic E-state index is -0.832. The standard InChI is InChI=1S/C7H13NO3/c1-2-3-6(7(9)10)4-5-11-8/h2,6H,1,3-5,8H2,(H,9,10). The Bertz CT molecular complexity index is 136. The zero-order valence-corrected chi connectivity index (χ0v) is 6.32. The topological polar surface area (TPSA) is 72.5 Å². The van der Waals surface area contributed by atoms with E-state index in [2.05, 4.69) is 11.4 Å². The van der Waals surface area contributed by atoms with Gasteiger partial charge in [-0.2, -0.15) is 0 Å². The molecular formula is C7H13NO3. The molecule has 0 aliphatic rings. The Morgan fingerprint density at radius 2 is 2.45 bits per heavy atom. The van der Waals surface area contributed by atoms with E-state index in [-0.39, 0.29) is 6.61 Å². The van der Waals surface area contributed by atoms with Crippen LogP contribution < -0.4 is 5.90 Å². The van der Waals surface area contributed by atoms with Crippen LogP contribution in [0.5, 0.6) is 0 Å². The minimum Gasteiger partial charge on any atom is -0.481 e. The highest BCUT2D eigenvalue weighted by Crippen LogP contribution is 2.08. The highest BCUT2D eigenvalue weighted by Gasteiger charge is 2.14. The molecule has 0 saturated heterocycles. The van der Waals surface area contributed by atoms with Crippen LogP contribution in [0, 0.1) is 5.92 Å². The summed E-state index contributed by atoms with van der Waals surface area (Å²) in [5, 5.41) is 8.59. The molecule has 64 valence electrons. The highest BCUT2D eigenvalue weighted by atomic mass is 16.6. The minimum absolute atomic E-state index is 0.269. The maximum atomic E-state index is 10.5. The predicted octanol–water partition coefficient (Wildman–Crippen LogP) is 0.544. The number of carbonyl (C=O) groups is 1. The van der Waals surface area contributed by atoms with Crippen LogP contribution >= 0.6 is 0 Å². The lowest BCUT2D eigenvalue weighted by molar-refractivity contribution is -0.142.